The highest BCUT2D eigenvalue weighted by molar-refractivity contribution is 5.90. The molecule has 30 heavy (non-hydrogen) atoms. The largest absolute Gasteiger partial charge is 0.496 e. The van der Waals surface area contributed by atoms with Crippen LogP contribution in [0.3, 0.4) is 0 Å². The normalized spacial score (nSPS) is 17.2. The van der Waals surface area contributed by atoms with Crippen LogP contribution in [0.4, 0.5) is 10.5 Å². The Labute approximate surface area is 172 Å². The van der Waals surface area contributed by atoms with Crippen LogP contribution in [0.5, 0.6) is 17.2 Å². The Morgan fingerprint density at radius 1 is 1.20 bits per heavy atom. The number of likely N-dealkylation sites (tertiary alicyclic amines) is 1. The molecule has 1 N–H and O–H groups in total. The van der Waals surface area contributed by atoms with Crippen LogP contribution in [0.15, 0.2) is 47.0 Å². The first-order chi connectivity index (χ1) is 14.7. The van der Waals surface area contributed by atoms with Crippen molar-refractivity contribution in [2.75, 3.05) is 25.8 Å². The van der Waals surface area contributed by atoms with Gasteiger partial charge in [0.1, 0.15) is 11.8 Å². The van der Waals surface area contributed by atoms with E-state index < -0.39 is 0 Å². The maximum absolute atomic E-state index is 12.9. The van der Waals surface area contributed by atoms with Crippen LogP contribution in [0.2, 0.25) is 0 Å². The smallest absolute Gasteiger partial charge is 0.322 e. The molecular weight excluding hydrogens is 388 g/mol. The van der Waals surface area contributed by atoms with E-state index in [1.807, 2.05) is 24.3 Å². The van der Waals surface area contributed by atoms with Gasteiger partial charge in [-0.05, 0) is 37.1 Å². The summed E-state index contributed by atoms with van der Waals surface area (Å²) in [6.07, 6.45) is 1.60. The van der Waals surface area contributed by atoms with Gasteiger partial charge < -0.3 is 29.0 Å². The molecule has 2 aliphatic rings. The first-order valence-electron chi connectivity index (χ1n) is 9.67. The fourth-order valence-electron chi connectivity index (χ4n) is 3.75. The fourth-order valence-corrected chi connectivity index (χ4v) is 3.75. The number of fused-ring (bicyclic) bond motifs is 1. The van der Waals surface area contributed by atoms with Crippen LogP contribution in [-0.2, 0) is 0 Å². The predicted molar refractivity (Wildman–Crippen MR) is 107 cm³/mol. The molecule has 0 bridgehead atoms. The summed E-state index contributed by atoms with van der Waals surface area (Å²) in [5.74, 6) is 2.79. The molecule has 5 rings (SSSR count). The molecule has 0 spiro atoms. The number of nitrogens with one attached hydrogen (secondary N) is 1. The number of methoxy groups -OCH3 is 1. The molecule has 3 aromatic rings. The Morgan fingerprint density at radius 2 is 2.07 bits per heavy atom. The zero-order valence-corrected chi connectivity index (χ0v) is 16.3. The first-order valence-corrected chi connectivity index (χ1v) is 9.67. The summed E-state index contributed by atoms with van der Waals surface area (Å²) in [5, 5.41) is 7.01. The van der Waals surface area contributed by atoms with Crippen LogP contribution >= 0.6 is 0 Å². The number of amides is 2. The van der Waals surface area contributed by atoms with E-state index in [1.54, 1.807) is 30.2 Å². The number of hydrogen-bond donors (Lipinski definition) is 1. The van der Waals surface area contributed by atoms with E-state index in [0.29, 0.717) is 41.2 Å². The molecule has 1 atom stereocenters. The highest BCUT2D eigenvalue weighted by Gasteiger charge is 2.34. The van der Waals surface area contributed by atoms with Gasteiger partial charge in [-0.1, -0.05) is 17.3 Å². The Morgan fingerprint density at radius 3 is 2.97 bits per heavy atom. The standard InChI is InChI=1S/C21H20N4O5/c1-27-16-7-3-2-5-14(16)19-23-20(30-24-19)15-6-4-10-25(15)21(26)22-13-8-9-17-18(11-13)29-12-28-17/h2-3,5,7-9,11,15H,4,6,10,12H2,1H3,(H,22,26). The molecule has 1 unspecified atom stereocenters. The second-order valence-corrected chi connectivity index (χ2v) is 7.01. The van der Waals surface area contributed by atoms with Crippen molar-refractivity contribution in [2.24, 2.45) is 0 Å². The van der Waals surface area contributed by atoms with Crippen LogP contribution in [0.1, 0.15) is 24.8 Å². The minimum atomic E-state index is -0.282. The molecule has 1 saturated heterocycles. The maximum Gasteiger partial charge on any atom is 0.322 e. The van der Waals surface area contributed by atoms with Crippen LogP contribution in [0.25, 0.3) is 11.4 Å². The number of carbonyl (C=O) groups is 1. The summed E-state index contributed by atoms with van der Waals surface area (Å²) in [5.41, 5.74) is 1.37. The third-order valence-corrected chi connectivity index (χ3v) is 5.21. The Bertz CT molecular complexity index is 1080. The Balaban J connectivity index is 1.34. The van der Waals surface area contributed by atoms with E-state index in [2.05, 4.69) is 15.5 Å². The van der Waals surface area contributed by atoms with Crippen molar-refractivity contribution in [2.45, 2.75) is 18.9 Å². The van der Waals surface area contributed by atoms with Gasteiger partial charge in [0.05, 0.1) is 12.7 Å². The number of urea groups is 1. The number of nitrogens with zero attached hydrogens (tertiary/aromatic N) is 3. The minimum Gasteiger partial charge on any atom is -0.496 e. The maximum atomic E-state index is 12.9. The summed E-state index contributed by atoms with van der Waals surface area (Å²) in [7, 11) is 1.60. The second kappa shape index (κ2) is 7.58. The van der Waals surface area contributed by atoms with Crippen molar-refractivity contribution in [1.82, 2.24) is 15.0 Å². The van der Waals surface area contributed by atoms with Crippen LogP contribution in [0, 0.1) is 0 Å². The summed E-state index contributed by atoms with van der Waals surface area (Å²) in [6.45, 7) is 0.792. The zero-order valence-electron chi connectivity index (χ0n) is 16.3. The van der Waals surface area contributed by atoms with E-state index >= 15 is 0 Å². The molecule has 3 heterocycles. The zero-order chi connectivity index (χ0) is 20.5. The molecule has 9 nitrogen and oxygen atoms in total. The number of benzene rings is 2. The van der Waals surface area contributed by atoms with Crippen molar-refractivity contribution in [3.05, 3.63) is 48.4 Å². The molecule has 0 saturated carbocycles. The molecular formula is C21H20N4O5. The molecule has 2 amide bonds. The van der Waals surface area contributed by atoms with Crippen molar-refractivity contribution in [1.29, 1.82) is 0 Å². The Kier molecular flexibility index (Phi) is 4.62. The lowest BCUT2D eigenvalue weighted by molar-refractivity contribution is 0.174. The average molecular weight is 408 g/mol. The lowest BCUT2D eigenvalue weighted by Gasteiger charge is -2.22. The molecule has 1 fully saturated rings. The van der Waals surface area contributed by atoms with Gasteiger partial charge in [-0.15, -0.1) is 0 Å². The molecule has 0 aliphatic carbocycles. The number of carbonyl (C=O) groups excluding carboxylic acids is 1. The highest BCUT2D eigenvalue weighted by Crippen LogP contribution is 2.36. The summed E-state index contributed by atoms with van der Waals surface area (Å²) in [6, 6.07) is 12.3. The van der Waals surface area contributed by atoms with Crippen molar-refractivity contribution < 1.29 is 23.5 Å². The lowest BCUT2D eigenvalue weighted by atomic mass is 10.2. The van der Waals surface area contributed by atoms with E-state index in [-0.39, 0.29) is 18.9 Å². The lowest BCUT2D eigenvalue weighted by Crippen LogP contribution is -2.34. The topological polar surface area (TPSA) is 99.0 Å². The van der Waals surface area contributed by atoms with Crippen molar-refractivity contribution in [3.63, 3.8) is 0 Å². The van der Waals surface area contributed by atoms with Crippen LogP contribution < -0.4 is 19.5 Å². The number of hydrogen-bond acceptors (Lipinski definition) is 7. The number of rotatable bonds is 4. The van der Waals surface area contributed by atoms with E-state index in [0.717, 1.165) is 18.4 Å². The van der Waals surface area contributed by atoms with Gasteiger partial charge >= 0.3 is 6.03 Å². The average Bonchev–Trinajstić information content (AvgIpc) is 3.53. The number of anilines is 1. The van der Waals surface area contributed by atoms with Crippen molar-refractivity contribution in [3.8, 4) is 28.6 Å². The number of aromatic nitrogens is 2. The third-order valence-electron chi connectivity index (χ3n) is 5.21. The fraction of sp³-hybridized carbons (Fsp3) is 0.286. The predicted octanol–water partition coefficient (Wildman–Crippen LogP) is 3.84. The van der Waals surface area contributed by atoms with Gasteiger partial charge in [-0.3, -0.25) is 0 Å². The van der Waals surface area contributed by atoms with Gasteiger partial charge in [0.2, 0.25) is 18.5 Å². The van der Waals surface area contributed by atoms with E-state index in [4.69, 9.17) is 18.7 Å². The number of ether oxygens (including phenoxy) is 3. The van der Waals surface area contributed by atoms with Crippen molar-refractivity contribution >= 4 is 11.7 Å². The van der Waals surface area contributed by atoms with Crippen LogP contribution in [-0.4, -0.2) is 41.5 Å². The molecule has 2 aliphatic heterocycles. The van der Waals surface area contributed by atoms with E-state index in [9.17, 15) is 4.79 Å². The van der Waals surface area contributed by atoms with Gasteiger partial charge in [-0.25, -0.2) is 4.79 Å². The quantitative estimate of drug-likeness (QED) is 0.700. The third kappa shape index (κ3) is 3.28. The molecule has 0 radical (unpaired) electrons. The van der Waals surface area contributed by atoms with Gasteiger partial charge in [0.25, 0.3) is 0 Å². The second-order valence-electron chi connectivity index (χ2n) is 7.01. The first kappa shape index (κ1) is 18.3. The molecule has 2 aromatic carbocycles. The Hall–Kier alpha value is -3.75. The SMILES string of the molecule is COc1ccccc1-c1noc(C2CCCN2C(=O)Nc2ccc3c(c2)OCO3)n1. The molecule has 1 aromatic heterocycles. The summed E-state index contributed by atoms with van der Waals surface area (Å²) < 4.78 is 21.6. The summed E-state index contributed by atoms with van der Waals surface area (Å²) in [4.78, 5) is 19.2. The number of para-hydroxylation sites is 1. The molecule has 9 heteroatoms. The van der Waals surface area contributed by atoms with E-state index in [1.165, 1.54) is 0 Å². The minimum absolute atomic E-state index is 0.187. The van der Waals surface area contributed by atoms with Gasteiger partial charge in [0.15, 0.2) is 11.5 Å². The monoisotopic (exact) mass is 408 g/mol. The van der Waals surface area contributed by atoms with Gasteiger partial charge in [-0.2, -0.15) is 4.98 Å². The highest BCUT2D eigenvalue weighted by atomic mass is 16.7. The summed E-state index contributed by atoms with van der Waals surface area (Å²) >= 11 is 0. The van der Waals surface area contributed by atoms with Gasteiger partial charge in [0, 0.05) is 18.3 Å². The molecule has 154 valence electrons.